The second-order valence-corrected chi connectivity index (χ2v) is 6.30. The number of hydrogen-bond acceptors (Lipinski definition) is 4. The molecular formula is C18H29ClN2O3. The van der Waals surface area contributed by atoms with Crippen molar-refractivity contribution >= 4 is 18.3 Å². The zero-order valence-corrected chi connectivity index (χ0v) is 15.4. The second kappa shape index (κ2) is 10.4. The Labute approximate surface area is 150 Å². The van der Waals surface area contributed by atoms with Crippen molar-refractivity contribution in [2.24, 2.45) is 5.73 Å². The van der Waals surface area contributed by atoms with Gasteiger partial charge in [0.05, 0.1) is 13.2 Å². The number of methoxy groups -OCH3 is 1. The van der Waals surface area contributed by atoms with E-state index in [0.717, 1.165) is 29.9 Å². The zero-order chi connectivity index (χ0) is 16.7. The van der Waals surface area contributed by atoms with Crippen LogP contribution >= 0.6 is 12.4 Å². The van der Waals surface area contributed by atoms with Gasteiger partial charge in [-0.05, 0) is 56.7 Å². The number of hydrogen-bond donors (Lipinski definition) is 2. The number of amides is 1. The number of nitrogens with one attached hydrogen (secondary N) is 1. The van der Waals surface area contributed by atoms with Crippen molar-refractivity contribution in [1.82, 2.24) is 5.32 Å². The lowest BCUT2D eigenvalue weighted by atomic mass is 10.1. The molecule has 24 heavy (non-hydrogen) atoms. The lowest BCUT2D eigenvalue weighted by Gasteiger charge is -2.17. The molecule has 0 aliphatic heterocycles. The molecule has 0 aromatic heterocycles. The summed E-state index contributed by atoms with van der Waals surface area (Å²) in [5.74, 6) is 1.53. The Kier molecular flexibility index (Phi) is 8.93. The number of nitrogens with two attached hydrogens (primary N) is 1. The number of carbonyl (C=O) groups is 1. The molecule has 1 aromatic carbocycles. The Morgan fingerprint density at radius 1 is 1.33 bits per heavy atom. The predicted octanol–water partition coefficient (Wildman–Crippen LogP) is 3.18. The van der Waals surface area contributed by atoms with Crippen LogP contribution in [0.15, 0.2) is 18.2 Å². The van der Waals surface area contributed by atoms with Crippen molar-refractivity contribution in [3.05, 3.63) is 23.8 Å². The van der Waals surface area contributed by atoms with E-state index in [2.05, 4.69) is 5.32 Å². The van der Waals surface area contributed by atoms with Crippen molar-refractivity contribution in [2.45, 2.75) is 64.1 Å². The van der Waals surface area contributed by atoms with Crippen molar-refractivity contribution in [3.8, 4) is 11.5 Å². The first-order valence-electron chi connectivity index (χ1n) is 8.44. The highest BCUT2D eigenvalue weighted by Gasteiger charge is 2.18. The standard InChI is InChI=1S/C18H28N2O3.ClH/c1-13(19)7-10-18(21)20-12-14-8-9-16(22-2)17(11-14)23-15-5-3-4-6-15;/h8-9,11,13,15H,3-7,10,12,19H2,1-2H3,(H,20,21);1H. The summed E-state index contributed by atoms with van der Waals surface area (Å²) in [5, 5.41) is 2.92. The molecular weight excluding hydrogens is 328 g/mol. The molecule has 1 fully saturated rings. The van der Waals surface area contributed by atoms with Gasteiger partial charge in [-0.15, -0.1) is 12.4 Å². The lowest BCUT2D eigenvalue weighted by molar-refractivity contribution is -0.121. The molecule has 136 valence electrons. The van der Waals surface area contributed by atoms with Crippen LogP contribution in [0.25, 0.3) is 0 Å². The van der Waals surface area contributed by atoms with Gasteiger partial charge >= 0.3 is 0 Å². The summed E-state index contributed by atoms with van der Waals surface area (Å²) in [6, 6.07) is 5.86. The van der Waals surface area contributed by atoms with Gasteiger partial charge < -0.3 is 20.5 Å². The minimum absolute atomic E-state index is 0. The minimum Gasteiger partial charge on any atom is -0.493 e. The Morgan fingerprint density at radius 2 is 2.04 bits per heavy atom. The summed E-state index contributed by atoms with van der Waals surface area (Å²) in [6.07, 6.45) is 6.08. The number of ether oxygens (including phenoxy) is 2. The third kappa shape index (κ3) is 6.57. The largest absolute Gasteiger partial charge is 0.493 e. The molecule has 0 bridgehead atoms. The van der Waals surface area contributed by atoms with Crippen molar-refractivity contribution in [2.75, 3.05) is 7.11 Å². The Balaban J connectivity index is 0.00000288. The normalized spacial score (nSPS) is 15.5. The molecule has 3 N–H and O–H groups in total. The van der Waals surface area contributed by atoms with E-state index in [0.29, 0.717) is 19.4 Å². The van der Waals surface area contributed by atoms with Gasteiger partial charge in [0.15, 0.2) is 11.5 Å². The molecule has 1 saturated carbocycles. The van der Waals surface area contributed by atoms with Gasteiger partial charge in [-0.3, -0.25) is 4.79 Å². The molecule has 0 saturated heterocycles. The van der Waals surface area contributed by atoms with Crippen LogP contribution in [0.2, 0.25) is 0 Å². The molecule has 2 rings (SSSR count). The summed E-state index contributed by atoms with van der Waals surface area (Å²) in [7, 11) is 1.65. The van der Waals surface area contributed by atoms with E-state index in [1.807, 2.05) is 25.1 Å². The maximum atomic E-state index is 11.8. The fraction of sp³-hybridized carbons (Fsp3) is 0.611. The van der Waals surface area contributed by atoms with E-state index in [-0.39, 0.29) is 30.5 Å². The third-order valence-electron chi connectivity index (χ3n) is 4.14. The van der Waals surface area contributed by atoms with Crippen molar-refractivity contribution in [1.29, 1.82) is 0 Å². The molecule has 1 unspecified atom stereocenters. The third-order valence-corrected chi connectivity index (χ3v) is 4.14. The quantitative estimate of drug-likeness (QED) is 0.750. The molecule has 1 aliphatic rings. The van der Waals surface area contributed by atoms with Gasteiger partial charge in [0.1, 0.15) is 0 Å². The summed E-state index contributed by atoms with van der Waals surface area (Å²) in [4.78, 5) is 11.8. The predicted molar refractivity (Wildman–Crippen MR) is 97.9 cm³/mol. The van der Waals surface area contributed by atoms with Gasteiger partial charge in [-0.2, -0.15) is 0 Å². The van der Waals surface area contributed by atoms with Crippen LogP contribution in [0.1, 0.15) is 51.0 Å². The summed E-state index contributed by atoms with van der Waals surface area (Å²) in [6.45, 7) is 2.40. The molecule has 1 amide bonds. The van der Waals surface area contributed by atoms with E-state index in [1.165, 1.54) is 12.8 Å². The maximum absolute atomic E-state index is 11.8. The molecule has 1 aliphatic carbocycles. The van der Waals surface area contributed by atoms with Crippen molar-refractivity contribution in [3.63, 3.8) is 0 Å². The maximum Gasteiger partial charge on any atom is 0.220 e. The highest BCUT2D eigenvalue weighted by Crippen LogP contribution is 2.32. The first kappa shape index (κ1) is 20.6. The lowest BCUT2D eigenvalue weighted by Crippen LogP contribution is -2.25. The van der Waals surface area contributed by atoms with E-state index in [4.69, 9.17) is 15.2 Å². The average Bonchev–Trinajstić information content (AvgIpc) is 3.04. The number of benzene rings is 1. The van der Waals surface area contributed by atoms with Crippen LogP contribution in [0.5, 0.6) is 11.5 Å². The summed E-state index contributed by atoms with van der Waals surface area (Å²) < 4.78 is 11.4. The molecule has 5 nitrogen and oxygen atoms in total. The zero-order valence-electron chi connectivity index (χ0n) is 14.5. The molecule has 0 heterocycles. The topological polar surface area (TPSA) is 73.6 Å². The average molecular weight is 357 g/mol. The highest BCUT2D eigenvalue weighted by molar-refractivity contribution is 5.85. The molecule has 0 radical (unpaired) electrons. The Bertz CT molecular complexity index is 517. The van der Waals surface area contributed by atoms with Gasteiger partial charge in [-0.1, -0.05) is 6.07 Å². The first-order chi connectivity index (χ1) is 11.1. The number of halogens is 1. The Hall–Kier alpha value is -1.46. The first-order valence-corrected chi connectivity index (χ1v) is 8.44. The van der Waals surface area contributed by atoms with Crippen LogP contribution in [0.3, 0.4) is 0 Å². The fourth-order valence-corrected chi connectivity index (χ4v) is 2.76. The van der Waals surface area contributed by atoms with E-state index < -0.39 is 0 Å². The van der Waals surface area contributed by atoms with Crippen molar-refractivity contribution < 1.29 is 14.3 Å². The smallest absolute Gasteiger partial charge is 0.220 e. The minimum atomic E-state index is 0. The number of carbonyl (C=O) groups excluding carboxylic acids is 1. The summed E-state index contributed by atoms with van der Waals surface area (Å²) in [5.41, 5.74) is 6.67. The molecule has 6 heteroatoms. The van der Waals surface area contributed by atoms with Crippen LogP contribution in [0.4, 0.5) is 0 Å². The van der Waals surface area contributed by atoms with Gasteiger partial charge in [0.25, 0.3) is 0 Å². The van der Waals surface area contributed by atoms with Gasteiger partial charge in [-0.25, -0.2) is 0 Å². The molecule has 1 aromatic rings. The Morgan fingerprint density at radius 3 is 2.67 bits per heavy atom. The van der Waals surface area contributed by atoms with Crippen LogP contribution < -0.4 is 20.5 Å². The molecule has 1 atom stereocenters. The summed E-state index contributed by atoms with van der Waals surface area (Å²) >= 11 is 0. The second-order valence-electron chi connectivity index (χ2n) is 6.30. The van der Waals surface area contributed by atoms with Crippen LogP contribution in [0, 0.1) is 0 Å². The SMILES string of the molecule is COc1ccc(CNC(=O)CCC(C)N)cc1OC1CCCC1.Cl. The van der Waals surface area contributed by atoms with Crippen LogP contribution in [-0.2, 0) is 11.3 Å². The van der Waals surface area contributed by atoms with Gasteiger partial charge in [0.2, 0.25) is 5.91 Å². The monoisotopic (exact) mass is 356 g/mol. The van der Waals surface area contributed by atoms with E-state index >= 15 is 0 Å². The van der Waals surface area contributed by atoms with E-state index in [1.54, 1.807) is 7.11 Å². The molecule has 0 spiro atoms. The number of rotatable bonds is 8. The fourth-order valence-electron chi connectivity index (χ4n) is 2.76. The van der Waals surface area contributed by atoms with Gasteiger partial charge in [0, 0.05) is 19.0 Å². The van der Waals surface area contributed by atoms with E-state index in [9.17, 15) is 4.79 Å². The highest BCUT2D eigenvalue weighted by atomic mass is 35.5. The van der Waals surface area contributed by atoms with Crippen LogP contribution in [-0.4, -0.2) is 25.2 Å².